The molecular formula is C14H22N4O2S. The number of amides is 1. The molecule has 1 amide bonds. The van der Waals surface area contributed by atoms with Crippen molar-refractivity contribution in [2.45, 2.75) is 38.1 Å². The van der Waals surface area contributed by atoms with Crippen molar-refractivity contribution >= 4 is 28.2 Å². The molecule has 1 aliphatic carbocycles. The number of carbonyl (C=O) groups excluding carboxylic acids is 1. The van der Waals surface area contributed by atoms with Crippen LogP contribution in [-0.4, -0.2) is 36.7 Å². The number of carbonyl (C=O) groups is 1. The topological polar surface area (TPSA) is 89.3 Å². The second-order valence-corrected chi connectivity index (χ2v) is 6.80. The number of nitrogens with zero attached hydrogens (tertiary/aromatic N) is 1. The molecule has 1 saturated heterocycles. The van der Waals surface area contributed by atoms with Crippen LogP contribution in [0.2, 0.25) is 0 Å². The van der Waals surface area contributed by atoms with E-state index in [9.17, 15) is 4.79 Å². The maximum Gasteiger partial charge on any atom is 0.265 e. The Labute approximate surface area is 128 Å². The van der Waals surface area contributed by atoms with Crippen LogP contribution >= 0.6 is 11.3 Å². The quantitative estimate of drug-likeness (QED) is 0.772. The molecule has 0 radical (unpaired) electrons. The summed E-state index contributed by atoms with van der Waals surface area (Å²) < 4.78 is 5.41. The van der Waals surface area contributed by atoms with Crippen molar-refractivity contribution in [1.29, 1.82) is 0 Å². The van der Waals surface area contributed by atoms with Gasteiger partial charge >= 0.3 is 0 Å². The molecule has 1 atom stereocenters. The Hall–Kier alpha value is -1.34. The number of rotatable bonds is 5. The Morgan fingerprint density at radius 3 is 2.90 bits per heavy atom. The first-order valence-electron chi connectivity index (χ1n) is 7.61. The summed E-state index contributed by atoms with van der Waals surface area (Å²) >= 11 is 1.34. The Bertz CT molecular complexity index is 495. The maximum absolute atomic E-state index is 12.2. The molecule has 2 fully saturated rings. The Morgan fingerprint density at radius 1 is 1.38 bits per heavy atom. The predicted molar refractivity (Wildman–Crippen MR) is 83.7 cm³/mol. The second-order valence-electron chi connectivity index (χ2n) is 5.80. The monoisotopic (exact) mass is 310 g/mol. The minimum absolute atomic E-state index is 0.128. The third-order valence-electron chi connectivity index (χ3n) is 4.10. The van der Waals surface area contributed by atoms with Gasteiger partial charge in [0.1, 0.15) is 10.7 Å². The summed E-state index contributed by atoms with van der Waals surface area (Å²) in [4.78, 5) is 17.0. The maximum atomic E-state index is 12.2. The lowest BCUT2D eigenvalue weighted by molar-refractivity contribution is 0.0537. The number of aromatic nitrogens is 1. The number of nitrogen functional groups attached to an aromatic ring is 1. The number of thiazole rings is 1. The number of nitrogens with two attached hydrogens (primary N) is 1. The van der Waals surface area contributed by atoms with Crippen molar-refractivity contribution in [1.82, 2.24) is 10.3 Å². The predicted octanol–water partition coefficient (Wildman–Crippen LogP) is 1.85. The average molecular weight is 310 g/mol. The van der Waals surface area contributed by atoms with Gasteiger partial charge in [-0.15, -0.1) is 0 Å². The van der Waals surface area contributed by atoms with Crippen LogP contribution in [0.4, 0.5) is 10.9 Å². The van der Waals surface area contributed by atoms with Crippen molar-refractivity contribution in [3.63, 3.8) is 0 Å². The lowest BCUT2D eigenvalue weighted by Gasteiger charge is -2.25. The van der Waals surface area contributed by atoms with Crippen LogP contribution in [0.5, 0.6) is 0 Å². The van der Waals surface area contributed by atoms with Gasteiger partial charge in [-0.3, -0.25) is 4.79 Å². The van der Waals surface area contributed by atoms with Crippen molar-refractivity contribution in [3.05, 3.63) is 4.88 Å². The molecule has 7 heteroatoms. The summed E-state index contributed by atoms with van der Waals surface area (Å²) in [7, 11) is 0. The van der Waals surface area contributed by atoms with Crippen LogP contribution in [0, 0.1) is 5.92 Å². The highest BCUT2D eigenvalue weighted by Crippen LogP contribution is 2.29. The van der Waals surface area contributed by atoms with Crippen molar-refractivity contribution in [2.24, 2.45) is 5.92 Å². The molecular weight excluding hydrogens is 288 g/mol. The highest BCUT2D eigenvalue weighted by atomic mass is 32.1. The third-order valence-corrected chi connectivity index (χ3v) is 5.10. The number of nitrogens with one attached hydrogen (secondary N) is 2. The van der Waals surface area contributed by atoms with Crippen LogP contribution in [-0.2, 0) is 4.74 Å². The molecule has 6 nitrogen and oxygen atoms in total. The lowest BCUT2D eigenvalue weighted by Crippen LogP contribution is -2.33. The first-order valence-corrected chi connectivity index (χ1v) is 8.43. The Balaban J connectivity index is 1.53. The molecule has 1 aromatic heterocycles. The van der Waals surface area contributed by atoms with Crippen LogP contribution in [0.3, 0.4) is 0 Å². The third kappa shape index (κ3) is 3.65. The first kappa shape index (κ1) is 14.6. The minimum atomic E-state index is -0.128. The number of ether oxygens (including phenoxy) is 1. The van der Waals surface area contributed by atoms with Crippen molar-refractivity contribution < 1.29 is 9.53 Å². The molecule has 1 unspecified atom stereocenters. The molecule has 3 rings (SSSR count). The van der Waals surface area contributed by atoms with Gasteiger partial charge in [0.05, 0.1) is 6.61 Å². The van der Waals surface area contributed by atoms with E-state index in [-0.39, 0.29) is 5.91 Å². The standard InChI is InChI=1S/C14H22N4O2S/c15-12-11(21-14(18-12)17-10-4-1-5-10)13(19)16-7-9-3-2-6-20-8-9/h9-10H,1-8,15H2,(H,16,19)(H,17,18). The van der Waals surface area contributed by atoms with Crippen molar-refractivity contribution in [3.8, 4) is 0 Å². The van der Waals surface area contributed by atoms with Gasteiger partial charge in [0.2, 0.25) is 0 Å². The zero-order valence-corrected chi connectivity index (χ0v) is 12.9. The van der Waals surface area contributed by atoms with E-state index in [0.717, 1.165) is 31.2 Å². The van der Waals surface area contributed by atoms with E-state index in [1.54, 1.807) is 0 Å². The first-order chi connectivity index (χ1) is 10.2. The molecule has 0 bridgehead atoms. The largest absolute Gasteiger partial charge is 0.382 e. The highest BCUT2D eigenvalue weighted by molar-refractivity contribution is 7.18. The molecule has 0 spiro atoms. The molecule has 4 N–H and O–H groups in total. The van der Waals surface area contributed by atoms with Gasteiger partial charge < -0.3 is 21.1 Å². The van der Waals surface area contributed by atoms with E-state index in [1.807, 2.05) is 0 Å². The van der Waals surface area contributed by atoms with Crippen LogP contribution in [0.25, 0.3) is 0 Å². The number of hydrogen-bond acceptors (Lipinski definition) is 6. The van der Waals surface area contributed by atoms with Crippen LogP contribution in [0.1, 0.15) is 41.8 Å². The summed E-state index contributed by atoms with van der Waals surface area (Å²) in [5.41, 5.74) is 5.86. The lowest BCUT2D eigenvalue weighted by atomic mass is 9.93. The molecule has 2 aliphatic rings. The summed E-state index contributed by atoms with van der Waals surface area (Å²) in [6, 6.07) is 0.492. The zero-order valence-electron chi connectivity index (χ0n) is 12.1. The summed E-state index contributed by atoms with van der Waals surface area (Å²) in [6.07, 6.45) is 5.77. The Morgan fingerprint density at radius 2 is 2.24 bits per heavy atom. The van der Waals surface area contributed by atoms with Crippen LogP contribution in [0.15, 0.2) is 0 Å². The second kappa shape index (κ2) is 6.62. The summed E-state index contributed by atoms with van der Waals surface area (Å²) in [5, 5.41) is 7.03. The van der Waals surface area contributed by atoms with Crippen molar-refractivity contribution in [2.75, 3.05) is 30.8 Å². The van der Waals surface area contributed by atoms with Gasteiger partial charge in [0.25, 0.3) is 5.91 Å². The summed E-state index contributed by atoms with van der Waals surface area (Å²) in [5.74, 6) is 0.598. The van der Waals surface area contributed by atoms with Gasteiger partial charge in [-0.25, -0.2) is 4.98 Å². The van der Waals surface area contributed by atoms with Crippen LogP contribution < -0.4 is 16.4 Å². The van der Waals surface area contributed by atoms with E-state index in [2.05, 4.69) is 15.6 Å². The van der Waals surface area contributed by atoms with Gasteiger partial charge in [-0.2, -0.15) is 0 Å². The number of anilines is 2. The molecule has 116 valence electrons. The van der Waals surface area contributed by atoms with Gasteiger partial charge in [0.15, 0.2) is 5.13 Å². The molecule has 2 heterocycles. The average Bonchev–Trinajstić information content (AvgIpc) is 2.82. The van der Waals surface area contributed by atoms with E-state index in [4.69, 9.17) is 10.5 Å². The van der Waals surface area contributed by atoms with E-state index < -0.39 is 0 Å². The molecule has 0 aromatic carbocycles. The minimum Gasteiger partial charge on any atom is -0.382 e. The molecule has 1 aromatic rings. The SMILES string of the molecule is Nc1nc(NC2CCC2)sc1C(=O)NCC1CCCOC1. The smallest absolute Gasteiger partial charge is 0.265 e. The Kier molecular flexibility index (Phi) is 4.60. The molecule has 21 heavy (non-hydrogen) atoms. The zero-order chi connectivity index (χ0) is 14.7. The van der Waals surface area contributed by atoms with E-state index >= 15 is 0 Å². The van der Waals surface area contributed by atoms with E-state index in [1.165, 1.54) is 30.6 Å². The van der Waals surface area contributed by atoms with Gasteiger partial charge in [-0.05, 0) is 38.0 Å². The normalized spacial score (nSPS) is 22.6. The fourth-order valence-electron chi connectivity index (χ4n) is 2.57. The highest BCUT2D eigenvalue weighted by Gasteiger charge is 2.22. The van der Waals surface area contributed by atoms with E-state index in [0.29, 0.717) is 29.2 Å². The molecule has 1 aliphatic heterocycles. The fraction of sp³-hybridized carbons (Fsp3) is 0.714. The van der Waals surface area contributed by atoms with Gasteiger partial charge in [0, 0.05) is 19.2 Å². The molecule has 1 saturated carbocycles. The van der Waals surface area contributed by atoms with Gasteiger partial charge in [-0.1, -0.05) is 11.3 Å². The fourth-order valence-corrected chi connectivity index (χ4v) is 3.45. The number of hydrogen-bond donors (Lipinski definition) is 3. The summed E-state index contributed by atoms with van der Waals surface area (Å²) in [6.45, 7) is 2.21.